The molecule has 0 aliphatic carbocycles. The number of carbonyl (C=O) groups is 1. The molecule has 0 saturated carbocycles. The lowest BCUT2D eigenvalue weighted by molar-refractivity contribution is -0.114. The number of hydrogen-bond acceptors (Lipinski definition) is 4. The van der Waals surface area contributed by atoms with Crippen molar-refractivity contribution >= 4 is 27.1 Å². The molecule has 1 fully saturated rings. The van der Waals surface area contributed by atoms with E-state index in [4.69, 9.17) is 0 Å². The molecule has 5 nitrogen and oxygen atoms in total. The summed E-state index contributed by atoms with van der Waals surface area (Å²) >= 11 is 0. The summed E-state index contributed by atoms with van der Waals surface area (Å²) in [5, 5.41) is 5.96. The van der Waals surface area contributed by atoms with Gasteiger partial charge in [-0.05, 0) is 31.0 Å². The van der Waals surface area contributed by atoms with Gasteiger partial charge in [0.05, 0.1) is 11.5 Å². The van der Waals surface area contributed by atoms with Crippen molar-refractivity contribution in [3.05, 3.63) is 23.8 Å². The van der Waals surface area contributed by atoms with Gasteiger partial charge in [0.2, 0.25) is 5.91 Å². The van der Waals surface area contributed by atoms with E-state index in [-0.39, 0.29) is 23.5 Å². The van der Waals surface area contributed by atoms with E-state index in [0.29, 0.717) is 12.1 Å². The van der Waals surface area contributed by atoms with Crippen LogP contribution in [0.4, 0.5) is 11.4 Å². The van der Waals surface area contributed by atoms with Gasteiger partial charge < -0.3 is 10.6 Å². The highest BCUT2D eigenvalue weighted by molar-refractivity contribution is 7.91. The Morgan fingerprint density at radius 1 is 1.37 bits per heavy atom. The number of nitrogens with one attached hydrogen (secondary N) is 2. The predicted molar refractivity (Wildman–Crippen MR) is 76.2 cm³/mol. The molecule has 19 heavy (non-hydrogen) atoms. The molecule has 2 rings (SSSR count). The van der Waals surface area contributed by atoms with Crippen LogP contribution in [0.2, 0.25) is 0 Å². The topological polar surface area (TPSA) is 75.3 Å². The average Bonchev–Trinajstić information content (AvgIpc) is 2.62. The molecular weight excluding hydrogens is 264 g/mol. The number of benzene rings is 1. The molecule has 104 valence electrons. The Kier molecular flexibility index (Phi) is 3.80. The fraction of sp³-hybridized carbons (Fsp3) is 0.462. The molecule has 0 radical (unpaired) electrons. The Labute approximate surface area is 113 Å². The van der Waals surface area contributed by atoms with Gasteiger partial charge in [-0.25, -0.2) is 8.42 Å². The lowest BCUT2D eigenvalue weighted by Crippen LogP contribution is -2.21. The van der Waals surface area contributed by atoms with Crippen molar-refractivity contribution in [2.24, 2.45) is 0 Å². The van der Waals surface area contributed by atoms with Crippen molar-refractivity contribution in [1.29, 1.82) is 0 Å². The molecule has 1 heterocycles. The van der Waals surface area contributed by atoms with E-state index in [1.54, 1.807) is 0 Å². The Hall–Kier alpha value is -1.56. The molecule has 1 aliphatic heterocycles. The number of amides is 1. The molecule has 1 aromatic rings. The van der Waals surface area contributed by atoms with Crippen molar-refractivity contribution in [1.82, 2.24) is 0 Å². The second-order valence-corrected chi connectivity index (χ2v) is 7.18. The lowest BCUT2D eigenvalue weighted by Gasteiger charge is -2.16. The van der Waals surface area contributed by atoms with Crippen LogP contribution in [0.5, 0.6) is 0 Å². The number of hydrogen-bond donors (Lipinski definition) is 2. The zero-order chi connectivity index (χ0) is 14.0. The molecule has 1 aromatic carbocycles. The van der Waals surface area contributed by atoms with Crippen molar-refractivity contribution < 1.29 is 13.2 Å². The Morgan fingerprint density at radius 2 is 2.11 bits per heavy atom. The largest absolute Gasteiger partial charge is 0.381 e. The predicted octanol–water partition coefficient (Wildman–Crippen LogP) is 1.55. The second-order valence-electron chi connectivity index (χ2n) is 4.96. The molecule has 2 N–H and O–H groups in total. The fourth-order valence-electron chi connectivity index (χ4n) is 2.19. The first-order valence-electron chi connectivity index (χ1n) is 6.21. The van der Waals surface area contributed by atoms with Gasteiger partial charge in [-0.3, -0.25) is 4.79 Å². The summed E-state index contributed by atoms with van der Waals surface area (Å²) in [5.74, 6) is 0.296. The maximum Gasteiger partial charge on any atom is 0.221 e. The van der Waals surface area contributed by atoms with Crippen LogP contribution in [0.3, 0.4) is 0 Å². The average molecular weight is 282 g/mol. The Morgan fingerprint density at radius 3 is 2.68 bits per heavy atom. The minimum atomic E-state index is -2.89. The van der Waals surface area contributed by atoms with Crippen LogP contribution < -0.4 is 10.6 Å². The second kappa shape index (κ2) is 5.21. The van der Waals surface area contributed by atoms with Gasteiger partial charge in [-0.1, -0.05) is 6.07 Å². The minimum absolute atomic E-state index is 0.0451. The lowest BCUT2D eigenvalue weighted by atomic mass is 10.1. The molecule has 1 aliphatic rings. The summed E-state index contributed by atoms with van der Waals surface area (Å²) in [7, 11) is -2.89. The molecule has 1 amide bonds. The van der Waals surface area contributed by atoms with Crippen LogP contribution in [0, 0.1) is 6.92 Å². The van der Waals surface area contributed by atoms with Gasteiger partial charge >= 0.3 is 0 Å². The number of aryl methyl sites for hydroxylation is 1. The Bertz CT molecular complexity index is 596. The highest BCUT2D eigenvalue weighted by atomic mass is 32.2. The Balaban J connectivity index is 2.13. The van der Waals surface area contributed by atoms with E-state index in [2.05, 4.69) is 10.6 Å². The molecule has 0 aromatic heterocycles. The quantitative estimate of drug-likeness (QED) is 0.882. The standard InChI is InChI=1S/C13H18N2O3S/c1-9-3-4-11(14-10(2)16)7-13(9)15-12-5-6-19(17,18)8-12/h3-4,7,12,15H,5-6,8H2,1-2H3,(H,14,16). The third-order valence-electron chi connectivity index (χ3n) is 3.15. The van der Waals surface area contributed by atoms with Gasteiger partial charge in [0.1, 0.15) is 0 Å². The van der Waals surface area contributed by atoms with Crippen LogP contribution in [0.15, 0.2) is 18.2 Å². The van der Waals surface area contributed by atoms with E-state index in [1.807, 2.05) is 25.1 Å². The number of carbonyl (C=O) groups excluding carboxylic acids is 1. The summed E-state index contributed by atoms with van der Waals surface area (Å²) < 4.78 is 22.9. The van der Waals surface area contributed by atoms with Gasteiger partial charge in [0.15, 0.2) is 9.84 Å². The third kappa shape index (κ3) is 3.70. The van der Waals surface area contributed by atoms with Crippen molar-refractivity contribution in [2.45, 2.75) is 26.3 Å². The maximum absolute atomic E-state index is 11.4. The van der Waals surface area contributed by atoms with E-state index >= 15 is 0 Å². The maximum atomic E-state index is 11.4. The molecule has 0 spiro atoms. The highest BCUT2D eigenvalue weighted by Gasteiger charge is 2.27. The van der Waals surface area contributed by atoms with Crippen LogP contribution >= 0.6 is 0 Å². The number of sulfone groups is 1. The zero-order valence-electron chi connectivity index (χ0n) is 11.1. The summed E-state index contributed by atoms with van der Waals surface area (Å²) in [5.41, 5.74) is 2.60. The van der Waals surface area contributed by atoms with E-state index in [1.165, 1.54) is 6.92 Å². The van der Waals surface area contributed by atoms with Crippen LogP contribution in [-0.4, -0.2) is 31.9 Å². The zero-order valence-corrected chi connectivity index (χ0v) is 11.9. The van der Waals surface area contributed by atoms with Crippen molar-refractivity contribution in [3.8, 4) is 0 Å². The molecule has 6 heteroatoms. The summed E-state index contributed by atoms with van der Waals surface area (Å²) in [6.07, 6.45) is 0.631. The normalized spacial score (nSPS) is 21.1. The monoisotopic (exact) mass is 282 g/mol. The first kappa shape index (κ1) is 13.9. The first-order chi connectivity index (χ1) is 8.85. The molecule has 0 bridgehead atoms. The molecule has 1 saturated heterocycles. The van der Waals surface area contributed by atoms with E-state index in [9.17, 15) is 13.2 Å². The first-order valence-corrected chi connectivity index (χ1v) is 8.03. The summed E-state index contributed by atoms with van der Waals surface area (Å²) in [4.78, 5) is 11.0. The fourth-order valence-corrected chi connectivity index (χ4v) is 3.86. The SMILES string of the molecule is CC(=O)Nc1ccc(C)c(NC2CCS(=O)(=O)C2)c1. The smallest absolute Gasteiger partial charge is 0.221 e. The molecular formula is C13H18N2O3S. The summed E-state index contributed by atoms with van der Waals surface area (Å²) in [6.45, 7) is 3.40. The highest BCUT2D eigenvalue weighted by Crippen LogP contribution is 2.24. The van der Waals surface area contributed by atoms with Gasteiger partial charge in [0, 0.05) is 24.3 Å². The van der Waals surface area contributed by atoms with Crippen LogP contribution in [0.1, 0.15) is 18.9 Å². The third-order valence-corrected chi connectivity index (χ3v) is 4.92. The van der Waals surface area contributed by atoms with Gasteiger partial charge in [-0.15, -0.1) is 0 Å². The number of rotatable bonds is 3. The van der Waals surface area contributed by atoms with Gasteiger partial charge in [0.25, 0.3) is 0 Å². The van der Waals surface area contributed by atoms with E-state index in [0.717, 1.165) is 11.3 Å². The minimum Gasteiger partial charge on any atom is -0.381 e. The van der Waals surface area contributed by atoms with Gasteiger partial charge in [-0.2, -0.15) is 0 Å². The van der Waals surface area contributed by atoms with Crippen LogP contribution in [0.25, 0.3) is 0 Å². The summed E-state index contributed by atoms with van der Waals surface area (Å²) in [6, 6.07) is 5.52. The van der Waals surface area contributed by atoms with Crippen LogP contribution in [-0.2, 0) is 14.6 Å². The van der Waals surface area contributed by atoms with Crippen molar-refractivity contribution in [2.75, 3.05) is 22.1 Å². The van der Waals surface area contributed by atoms with Crippen molar-refractivity contribution in [3.63, 3.8) is 0 Å². The molecule has 1 atom stereocenters. The number of anilines is 2. The van der Waals surface area contributed by atoms with E-state index < -0.39 is 9.84 Å². The molecule has 1 unspecified atom stereocenters.